The molecule has 126 valence electrons. The molecule has 1 aromatic carbocycles. The fourth-order valence-corrected chi connectivity index (χ4v) is 2.32. The molecule has 6 heteroatoms. The van der Waals surface area contributed by atoms with Crippen LogP contribution in [0, 0.1) is 11.3 Å². The van der Waals surface area contributed by atoms with E-state index in [0.29, 0.717) is 30.7 Å². The fraction of sp³-hybridized carbons (Fsp3) is 0.389. The third-order valence-corrected chi connectivity index (χ3v) is 3.52. The molecule has 0 saturated carbocycles. The first-order chi connectivity index (χ1) is 11.6. The van der Waals surface area contributed by atoms with E-state index in [0.717, 1.165) is 24.6 Å². The smallest absolute Gasteiger partial charge is 0.305 e. The van der Waals surface area contributed by atoms with Gasteiger partial charge in [-0.1, -0.05) is 6.42 Å². The van der Waals surface area contributed by atoms with Gasteiger partial charge in [-0.25, -0.2) is 0 Å². The second-order valence-electron chi connectivity index (χ2n) is 5.35. The highest BCUT2D eigenvalue weighted by Gasteiger charge is 2.12. The van der Waals surface area contributed by atoms with Gasteiger partial charge in [0.05, 0.1) is 18.2 Å². The van der Waals surface area contributed by atoms with Crippen LogP contribution in [0.1, 0.15) is 48.7 Å². The Bertz CT molecular complexity index is 758. The van der Waals surface area contributed by atoms with Crippen LogP contribution in [0.25, 0.3) is 11.0 Å². The van der Waals surface area contributed by atoms with E-state index in [9.17, 15) is 9.59 Å². The normalized spacial score (nSPS) is 10.3. The Labute approximate surface area is 140 Å². The van der Waals surface area contributed by atoms with E-state index >= 15 is 0 Å². The van der Waals surface area contributed by atoms with E-state index in [1.807, 2.05) is 0 Å². The first kappa shape index (κ1) is 17.5. The number of furan rings is 1. The summed E-state index contributed by atoms with van der Waals surface area (Å²) >= 11 is 0. The predicted molar refractivity (Wildman–Crippen MR) is 88.4 cm³/mol. The number of carbonyl (C=O) groups excluding carboxylic acids is 2. The molecule has 0 atom stereocenters. The Morgan fingerprint density at radius 3 is 2.83 bits per heavy atom. The van der Waals surface area contributed by atoms with Gasteiger partial charge in [-0.3, -0.25) is 9.59 Å². The van der Waals surface area contributed by atoms with Crippen LogP contribution < -0.4 is 5.32 Å². The van der Waals surface area contributed by atoms with E-state index < -0.39 is 0 Å². The molecule has 2 aromatic rings. The van der Waals surface area contributed by atoms with Crippen molar-refractivity contribution in [2.75, 3.05) is 13.2 Å². The highest BCUT2D eigenvalue weighted by atomic mass is 16.5. The quantitative estimate of drug-likeness (QED) is 0.593. The minimum absolute atomic E-state index is 0.180. The molecule has 0 aliphatic rings. The van der Waals surface area contributed by atoms with Gasteiger partial charge in [0.25, 0.3) is 5.91 Å². The summed E-state index contributed by atoms with van der Waals surface area (Å²) in [6.45, 7) is 2.71. The number of nitriles is 1. The van der Waals surface area contributed by atoms with Crippen molar-refractivity contribution in [3.05, 3.63) is 35.6 Å². The summed E-state index contributed by atoms with van der Waals surface area (Å²) in [6.07, 6.45) is 2.78. The van der Waals surface area contributed by atoms with Crippen molar-refractivity contribution < 1.29 is 18.7 Å². The molecule has 0 fully saturated rings. The maximum atomic E-state index is 12.1. The van der Waals surface area contributed by atoms with Crippen LogP contribution in [0.4, 0.5) is 0 Å². The van der Waals surface area contributed by atoms with Crippen molar-refractivity contribution in [1.29, 1.82) is 5.26 Å². The molecule has 2 rings (SSSR count). The lowest BCUT2D eigenvalue weighted by Crippen LogP contribution is -2.23. The van der Waals surface area contributed by atoms with Crippen molar-refractivity contribution in [3.63, 3.8) is 0 Å². The fourth-order valence-electron chi connectivity index (χ4n) is 2.32. The molecule has 6 nitrogen and oxygen atoms in total. The molecule has 24 heavy (non-hydrogen) atoms. The SMILES string of the molecule is CCOC(=O)CCCCCNC(=O)c1cc2cc(C#N)ccc2o1. The topological polar surface area (TPSA) is 92.3 Å². The van der Waals surface area contributed by atoms with E-state index in [2.05, 4.69) is 11.4 Å². The van der Waals surface area contributed by atoms with Crippen LogP contribution in [0.2, 0.25) is 0 Å². The van der Waals surface area contributed by atoms with Gasteiger partial charge >= 0.3 is 5.97 Å². The molecular formula is C18H20N2O4. The van der Waals surface area contributed by atoms with Crippen LogP contribution in [0.15, 0.2) is 28.7 Å². The van der Waals surface area contributed by atoms with E-state index in [4.69, 9.17) is 14.4 Å². The van der Waals surface area contributed by atoms with E-state index in [1.54, 1.807) is 31.2 Å². The Morgan fingerprint density at radius 1 is 1.25 bits per heavy atom. The molecule has 1 heterocycles. The molecule has 1 aromatic heterocycles. The van der Waals surface area contributed by atoms with Gasteiger partial charge in [-0.2, -0.15) is 5.26 Å². The van der Waals surface area contributed by atoms with Gasteiger partial charge in [-0.15, -0.1) is 0 Å². The molecule has 1 N–H and O–H groups in total. The van der Waals surface area contributed by atoms with Crippen LogP contribution in [-0.4, -0.2) is 25.0 Å². The summed E-state index contributed by atoms with van der Waals surface area (Å²) in [4.78, 5) is 23.2. The average Bonchev–Trinajstić information content (AvgIpc) is 3.01. The molecule has 0 spiro atoms. The van der Waals surface area contributed by atoms with Gasteiger partial charge in [0.2, 0.25) is 0 Å². The van der Waals surface area contributed by atoms with Crippen molar-refractivity contribution in [2.45, 2.75) is 32.6 Å². The molecule has 0 bridgehead atoms. The molecule has 1 amide bonds. The number of benzene rings is 1. The standard InChI is InChI=1S/C18H20N2O4/c1-2-23-17(21)6-4-3-5-9-20-18(22)16-11-14-10-13(12-19)7-8-15(14)24-16/h7-8,10-11H,2-6,9H2,1H3,(H,20,22). The van der Waals surface area contributed by atoms with Crippen LogP contribution >= 0.6 is 0 Å². The molecule has 0 saturated heterocycles. The third-order valence-electron chi connectivity index (χ3n) is 3.52. The largest absolute Gasteiger partial charge is 0.466 e. The van der Waals surface area contributed by atoms with E-state index in [-0.39, 0.29) is 17.6 Å². The molecular weight excluding hydrogens is 308 g/mol. The number of ether oxygens (including phenoxy) is 1. The van der Waals surface area contributed by atoms with Crippen LogP contribution in [0.5, 0.6) is 0 Å². The Hall–Kier alpha value is -2.81. The molecule has 0 aliphatic carbocycles. The summed E-state index contributed by atoms with van der Waals surface area (Å²) in [6, 6.07) is 8.70. The highest BCUT2D eigenvalue weighted by molar-refractivity contribution is 5.96. The highest BCUT2D eigenvalue weighted by Crippen LogP contribution is 2.20. The summed E-state index contributed by atoms with van der Waals surface area (Å²) in [5.74, 6) is -0.234. The van der Waals surface area contributed by atoms with Crippen LogP contribution in [-0.2, 0) is 9.53 Å². The maximum Gasteiger partial charge on any atom is 0.305 e. The van der Waals surface area contributed by atoms with Crippen LogP contribution in [0.3, 0.4) is 0 Å². The third kappa shape index (κ3) is 4.85. The number of hydrogen-bond acceptors (Lipinski definition) is 5. The summed E-state index contributed by atoms with van der Waals surface area (Å²) in [5, 5.41) is 12.4. The van der Waals surface area contributed by atoms with Crippen molar-refractivity contribution in [3.8, 4) is 6.07 Å². The number of unbranched alkanes of at least 4 members (excludes halogenated alkanes) is 2. The Kier molecular flexibility index (Phi) is 6.38. The van der Waals surface area contributed by atoms with Gasteiger partial charge in [0.1, 0.15) is 5.58 Å². The second-order valence-corrected chi connectivity index (χ2v) is 5.35. The first-order valence-electron chi connectivity index (χ1n) is 8.01. The van der Waals surface area contributed by atoms with Gasteiger partial charge < -0.3 is 14.5 Å². The second kappa shape index (κ2) is 8.73. The summed E-state index contributed by atoms with van der Waals surface area (Å²) < 4.78 is 10.3. The number of amides is 1. The molecule has 0 aliphatic heterocycles. The number of carbonyl (C=O) groups is 2. The van der Waals surface area contributed by atoms with Crippen molar-refractivity contribution >= 4 is 22.8 Å². The molecule has 0 radical (unpaired) electrons. The lowest BCUT2D eigenvalue weighted by atomic mass is 10.2. The number of rotatable bonds is 8. The number of fused-ring (bicyclic) bond motifs is 1. The maximum absolute atomic E-state index is 12.1. The van der Waals surface area contributed by atoms with Crippen molar-refractivity contribution in [1.82, 2.24) is 5.32 Å². The zero-order valence-electron chi connectivity index (χ0n) is 13.6. The number of nitrogens with one attached hydrogen (secondary N) is 1. The predicted octanol–water partition coefficient (Wildman–Crippen LogP) is 3.16. The minimum Gasteiger partial charge on any atom is -0.466 e. The first-order valence-corrected chi connectivity index (χ1v) is 8.01. The van der Waals surface area contributed by atoms with Gasteiger partial charge in [0.15, 0.2) is 5.76 Å². The lowest BCUT2D eigenvalue weighted by molar-refractivity contribution is -0.143. The minimum atomic E-state index is -0.282. The summed E-state index contributed by atoms with van der Waals surface area (Å²) in [7, 11) is 0. The number of esters is 1. The summed E-state index contributed by atoms with van der Waals surface area (Å²) in [5.41, 5.74) is 1.10. The van der Waals surface area contributed by atoms with Gasteiger partial charge in [-0.05, 0) is 44.0 Å². The molecule has 0 unspecified atom stereocenters. The Morgan fingerprint density at radius 2 is 2.08 bits per heavy atom. The lowest BCUT2D eigenvalue weighted by Gasteiger charge is -2.03. The monoisotopic (exact) mass is 328 g/mol. The number of nitrogens with zero attached hydrogens (tertiary/aromatic N) is 1. The Balaban J connectivity index is 1.75. The van der Waals surface area contributed by atoms with Gasteiger partial charge in [0, 0.05) is 18.4 Å². The average molecular weight is 328 g/mol. The number of hydrogen-bond donors (Lipinski definition) is 1. The van der Waals surface area contributed by atoms with Crippen molar-refractivity contribution in [2.24, 2.45) is 0 Å². The zero-order chi connectivity index (χ0) is 17.4. The van der Waals surface area contributed by atoms with E-state index in [1.165, 1.54) is 0 Å². The zero-order valence-corrected chi connectivity index (χ0v) is 13.6.